The molecule has 0 unspecified atom stereocenters. The number of nitrogens with one attached hydrogen (secondary N) is 2. The number of carbonyl (C=O) groups excluding carboxylic acids is 2. The van der Waals surface area contributed by atoms with Crippen LogP contribution in [0, 0.1) is 0 Å². The molecule has 2 aromatic carbocycles. The Bertz CT molecular complexity index is 992. The van der Waals surface area contributed by atoms with Crippen LogP contribution in [0.4, 0.5) is 17.1 Å². The number of hydrogen-bond donors (Lipinski definition) is 2. The van der Waals surface area contributed by atoms with Crippen molar-refractivity contribution in [2.24, 2.45) is 0 Å². The van der Waals surface area contributed by atoms with Crippen molar-refractivity contribution < 1.29 is 9.59 Å². The third-order valence-electron chi connectivity index (χ3n) is 4.79. The maximum absolute atomic E-state index is 12.8. The largest absolute Gasteiger partial charge is 0.358 e. The fourth-order valence-corrected chi connectivity index (χ4v) is 3.15. The number of amides is 2. The summed E-state index contributed by atoms with van der Waals surface area (Å²) in [4.78, 5) is 32.9. The molecule has 0 aliphatic rings. The van der Waals surface area contributed by atoms with E-state index in [1.807, 2.05) is 66.4 Å². The highest BCUT2D eigenvalue weighted by Crippen LogP contribution is 2.18. The number of hydrogen-bond acceptors (Lipinski definition) is 5. The normalized spacial score (nSPS) is 10.6. The first-order valence-corrected chi connectivity index (χ1v) is 10.5. The van der Waals surface area contributed by atoms with Gasteiger partial charge in [-0.15, -0.1) is 0 Å². The van der Waals surface area contributed by atoms with E-state index < -0.39 is 0 Å². The van der Waals surface area contributed by atoms with Gasteiger partial charge in [0.2, 0.25) is 11.8 Å². The molecule has 0 spiro atoms. The zero-order valence-corrected chi connectivity index (χ0v) is 18.5. The van der Waals surface area contributed by atoms with Gasteiger partial charge in [-0.05, 0) is 62.1 Å². The highest BCUT2D eigenvalue weighted by molar-refractivity contribution is 5.95. The first-order chi connectivity index (χ1) is 15.5. The number of para-hydroxylation sites is 1. The second-order valence-electron chi connectivity index (χ2n) is 7.78. The van der Waals surface area contributed by atoms with Gasteiger partial charge in [-0.3, -0.25) is 14.6 Å². The van der Waals surface area contributed by atoms with Crippen molar-refractivity contribution in [3.8, 4) is 0 Å². The van der Waals surface area contributed by atoms with Gasteiger partial charge in [-0.2, -0.15) is 0 Å². The standard InChI is InChI=1S/C25H29N5O2/c1-29(2)16-14-24(31)27-21-10-12-22(13-11-21)28-25(32)19-30(23-8-4-3-5-9-23)18-20-7-6-15-26-17-20/h3-13,15,17H,14,16,18-19H2,1-2H3,(H,27,31)(H,28,32). The fourth-order valence-electron chi connectivity index (χ4n) is 3.15. The number of carbonyl (C=O) groups is 2. The highest BCUT2D eigenvalue weighted by Gasteiger charge is 2.13. The Morgan fingerprint density at radius 1 is 0.844 bits per heavy atom. The smallest absolute Gasteiger partial charge is 0.243 e. The highest BCUT2D eigenvalue weighted by atomic mass is 16.2. The van der Waals surface area contributed by atoms with Crippen LogP contribution in [0.1, 0.15) is 12.0 Å². The predicted molar refractivity (Wildman–Crippen MR) is 129 cm³/mol. The second-order valence-corrected chi connectivity index (χ2v) is 7.78. The molecular weight excluding hydrogens is 402 g/mol. The number of aromatic nitrogens is 1. The summed E-state index contributed by atoms with van der Waals surface area (Å²) in [6.07, 6.45) is 3.97. The maximum Gasteiger partial charge on any atom is 0.243 e. The van der Waals surface area contributed by atoms with Crippen LogP contribution in [0.25, 0.3) is 0 Å². The van der Waals surface area contributed by atoms with Crippen LogP contribution in [0.3, 0.4) is 0 Å². The lowest BCUT2D eigenvalue weighted by Gasteiger charge is -2.24. The zero-order chi connectivity index (χ0) is 22.8. The van der Waals surface area contributed by atoms with Crippen molar-refractivity contribution in [3.05, 3.63) is 84.7 Å². The first kappa shape index (κ1) is 23.0. The molecule has 1 heterocycles. The van der Waals surface area contributed by atoms with Gasteiger partial charge in [0.15, 0.2) is 0 Å². The average molecular weight is 432 g/mol. The monoisotopic (exact) mass is 431 g/mol. The van der Waals surface area contributed by atoms with Crippen molar-refractivity contribution in [1.29, 1.82) is 0 Å². The summed E-state index contributed by atoms with van der Waals surface area (Å²) in [6, 6.07) is 20.8. The molecule has 166 valence electrons. The molecule has 0 atom stereocenters. The Labute approximate surface area is 189 Å². The molecule has 0 bridgehead atoms. The van der Waals surface area contributed by atoms with Crippen LogP contribution in [0.2, 0.25) is 0 Å². The van der Waals surface area contributed by atoms with Gasteiger partial charge in [-0.1, -0.05) is 24.3 Å². The van der Waals surface area contributed by atoms with E-state index in [0.29, 0.717) is 30.9 Å². The third kappa shape index (κ3) is 7.52. The molecule has 0 aliphatic carbocycles. The van der Waals surface area contributed by atoms with Crippen LogP contribution < -0.4 is 15.5 Å². The molecule has 0 saturated carbocycles. The molecule has 0 aliphatic heterocycles. The van der Waals surface area contributed by atoms with Crippen molar-refractivity contribution in [2.75, 3.05) is 42.7 Å². The van der Waals surface area contributed by atoms with Crippen molar-refractivity contribution in [1.82, 2.24) is 9.88 Å². The SMILES string of the molecule is CN(C)CCC(=O)Nc1ccc(NC(=O)CN(Cc2cccnc2)c2ccccc2)cc1. The summed E-state index contributed by atoms with van der Waals surface area (Å²) in [5.41, 5.74) is 3.37. The van der Waals surface area contributed by atoms with Gasteiger partial charge >= 0.3 is 0 Å². The molecule has 32 heavy (non-hydrogen) atoms. The molecule has 0 radical (unpaired) electrons. The minimum absolute atomic E-state index is 0.0376. The second kappa shape index (κ2) is 11.6. The van der Waals surface area contributed by atoms with Gasteiger partial charge in [0.1, 0.15) is 0 Å². The van der Waals surface area contributed by atoms with Crippen molar-refractivity contribution in [3.63, 3.8) is 0 Å². The molecule has 7 heteroatoms. The van der Waals surface area contributed by atoms with Gasteiger partial charge in [0, 0.05) is 49.0 Å². The van der Waals surface area contributed by atoms with Crippen LogP contribution in [0.5, 0.6) is 0 Å². The first-order valence-electron chi connectivity index (χ1n) is 10.5. The van der Waals surface area contributed by atoms with E-state index in [4.69, 9.17) is 0 Å². The van der Waals surface area contributed by atoms with Crippen molar-refractivity contribution >= 4 is 28.9 Å². The number of rotatable bonds is 10. The van der Waals surface area contributed by atoms with Gasteiger partial charge in [0.05, 0.1) is 6.54 Å². The average Bonchev–Trinajstić information content (AvgIpc) is 2.80. The molecule has 3 aromatic rings. The number of benzene rings is 2. The quantitative estimate of drug-likeness (QED) is 0.513. The Hall–Kier alpha value is -3.71. The Morgan fingerprint density at radius 3 is 2.09 bits per heavy atom. The number of pyridine rings is 1. The van der Waals surface area contributed by atoms with Crippen LogP contribution in [-0.2, 0) is 16.1 Å². The third-order valence-corrected chi connectivity index (χ3v) is 4.79. The number of anilines is 3. The van der Waals surface area contributed by atoms with E-state index in [-0.39, 0.29) is 18.4 Å². The van der Waals surface area contributed by atoms with Crippen LogP contribution >= 0.6 is 0 Å². The maximum atomic E-state index is 12.8. The molecular formula is C25H29N5O2. The molecule has 2 N–H and O–H groups in total. The molecule has 7 nitrogen and oxygen atoms in total. The topological polar surface area (TPSA) is 77.6 Å². The minimum atomic E-state index is -0.125. The summed E-state index contributed by atoms with van der Waals surface area (Å²) in [5, 5.41) is 5.80. The summed E-state index contributed by atoms with van der Waals surface area (Å²) in [7, 11) is 3.86. The van der Waals surface area contributed by atoms with E-state index in [1.54, 1.807) is 36.7 Å². The molecule has 0 saturated heterocycles. The molecule has 0 fully saturated rings. The summed E-state index contributed by atoms with van der Waals surface area (Å²) < 4.78 is 0. The molecule has 2 amide bonds. The summed E-state index contributed by atoms with van der Waals surface area (Å²) in [6.45, 7) is 1.46. The minimum Gasteiger partial charge on any atom is -0.358 e. The number of nitrogens with zero attached hydrogens (tertiary/aromatic N) is 3. The van der Waals surface area contributed by atoms with Crippen LogP contribution in [-0.4, -0.2) is 48.9 Å². The molecule has 1 aromatic heterocycles. The van der Waals surface area contributed by atoms with Crippen LogP contribution in [0.15, 0.2) is 79.1 Å². The van der Waals surface area contributed by atoms with Gasteiger partial charge in [0.25, 0.3) is 0 Å². The van der Waals surface area contributed by atoms with E-state index in [9.17, 15) is 9.59 Å². The van der Waals surface area contributed by atoms with E-state index in [1.165, 1.54) is 0 Å². The predicted octanol–water partition coefficient (Wildman–Crippen LogP) is 3.62. The Morgan fingerprint density at radius 2 is 1.50 bits per heavy atom. The summed E-state index contributed by atoms with van der Waals surface area (Å²) in [5.74, 6) is -0.162. The van der Waals surface area contributed by atoms with Gasteiger partial charge < -0.3 is 20.4 Å². The Kier molecular flexibility index (Phi) is 8.34. The van der Waals surface area contributed by atoms with Gasteiger partial charge in [-0.25, -0.2) is 0 Å². The zero-order valence-electron chi connectivity index (χ0n) is 18.5. The molecule has 3 rings (SSSR count). The van der Waals surface area contributed by atoms with E-state index >= 15 is 0 Å². The summed E-state index contributed by atoms with van der Waals surface area (Å²) >= 11 is 0. The van der Waals surface area contributed by atoms with E-state index in [2.05, 4.69) is 15.6 Å². The Balaban J connectivity index is 1.59. The van der Waals surface area contributed by atoms with Crippen molar-refractivity contribution in [2.45, 2.75) is 13.0 Å². The lowest BCUT2D eigenvalue weighted by atomic mass is 10.2. The lowest BCUT2D eigenvalue weighted by Crippen LogP contribution is -2.33. The fraction of sp³-hybridized carbons (Fsp3) is 0.240. The lowest BCUT2D eigenvalue weighted by molar-refractivity contribution is -0.116. The van der Waals surface area contributed by atoms with E-state index in [0.717, 1.165) is 11.3 Å².